The lowest BCUT2D eigenvalue weighted by molar-refractivity contribution is 0.0989. The van der Waals surface area contributed by atoms with Gasteiger partial charge in [-0.15, -0.1) is 0 Å². The van der Waals surface area contributed by atoms with E-state index in [4.69, 9.17) is 0 Å². The van der Waals surface area contributed by atoms with Crippen LogP contribution in [0.3, 0.4) is 0 Å². The number of nitrogens with zero attached hydrogens (tertiary/aromatic N) is 1. The van der Waals surface area contributed by atoms with Crippen molar-refractivity contribution in [3.05, 3.63) is 59.7 Å². The Labute approximate surface area is 136 Å². The fourth-order valence-electron chi connectivity index (χ4n) is 2.66. The molecule has 1 N–H and O–H groups in total. The predicted octanol–water partition coefficient (Wildman–Crippen LogP) is 2.65. The molecule has 5 nitrogen and oxygen atoms in total. The van der Waals surface area contributed by atoms with E-state index < -0.39 is 10.0 Å². The summed E-state index contributed by atoms with van der Waals surface area (Å²) in [6.07, 6.45) is 0.718. The van der Waals surface area contributed by atoms with Crippen LogP contribution < -0.4 is 9.62 Å². The number of nitrogens with one attached hydrogen (secondary N) is 1. The first kappa shape index (κ1) is 15.6. The summed E-state index contributed by atoms with van der Waals surface area (Å²) in [7, 11) is -3.29. The van der Waals surface area contributed by atoms with Crippen molar-refractivity contribution in [1.29, 1.82) is 0 Å². The Morgan fingerprint density at radius 1 is 1.17 bits per heavy atom. The zero-order valence-corrected chi connectivity index (χ0v) is 13.6. The lowest BCUT2D eigenvalue weighted by atomic mass is 10.1. The number of benzene rings is 2. The third kappa shape index (κ3) is 3.22. The molecule has 0 unspecified atom stereocenters. The summed E-state index contributed by atoms with van der Waals surface area (Å²) in [6, 6.07) is 14.5. The van der Waals surface area contributed by atoms with E-state index in [-0.39, 0.29) is 11.7 Å². The van der Waals surface area contributed by atoms with Crippen LogP contribution in [0, 0.1) is 0 Å². The second-order valence-corrected chi connectivity index (χ2v) is 7.43. The highest BCUT2D eigenvalue weighted by molar-refractivity contribution is 7.92. The van der Waals surface area contributed by atoms with E-state index in [1.807, 2.05) is 18.2 Å². The molecule has 0 saturated carbocycles. The van der Waals surface area contributed by atoms with Crippen LogP contribution in [0.15, 0.2) is 48.5 Å². The number of carbonyl (C=O) groups excluding carboxylic acids is 1. The normalized spacial score (nSPS) is 13.7. The molecule has 0 atom stereocenters. The van der Waals surface area contributed by atoms with Crippen LogP contribution in [0.1, 0.15) is 22.8 Å². The van der Waals surface area contributed by atoms with Crippen molar-refractivity contribution in [2.75, 3.05) is 21.9 Å². The predicted molar refractivity (Wildman–Crippen MR) is 91.3 cm³/mol. The van der Waals surface area contributed by atoms with E-state index in [0.717, 1.165) is 17.7 Å². The Hall–Kier alpha value is -2.34. The molecule has 1 heterocycles. The maximum atomic E-state index is 12.6. The highest BCUT2D eigenvalue weighted by Gasteiger charge is 2.25. The fraction of sp³-hybridized carbons (Fsp3) is 0.235. The summed E-state index contributed by atoms with van der Waals surface area (Å²) in [4.78, 5) is 14.3. The molecule has 1 aliphatic heterocycles. The smallest absolute Gasteiger partial charge is 0.258 e. The lowest BCUT2D eigenvalue weighted by Crippen LogP contribution is -2.28. The van der Waals surface area contributed by atoms with Crippen LogP contribution in [-0.4, -0.2) is 26.6 Å². The monoisotopic (exact) mass is 330 g/mol. The maximum absolute atomic E-state index is 12.6. The van der Waals surface area contributed by atoms with Crippen LogP contribution in [0.5, 0.6) is 0 Å². The van der Waals surface area contributed by atoms with Gasteiger partial charge in [-0.1, -0.05) is 18.2 Å². The Kier molecular flexibility index (Phi) is 4.09. The number of rotatable bonds is 4. The van der Waals surface area contributed by atoms with Gasteiger partial charge in [-0.3, -0.25) is 9.52 Å². The van der Waals surface area contributed by atoms with E-state index in [2.05, 4.69) is 4.72 Å². The van der Waals surface area contributed by atoms with Gasteiger partial charge in [-0.2, -0.15) is 0 Å². The van der Waals surface area contributed by atoms with Crippen LogP contribution in [-0.2, 0) is 16.4 Å². The fourth-order valence-corrected chi connectivity index (χ4v) is 3.29. The third-order valence-corrected chi connectivity index (χ3v) is 5.20. The summed E-state index contributed by atoms with van der Waals surface area (Å²) in [5, 5.41) is 0. The van der Waals surface area contributed by atoms with Gasteiger partial charge in [0.15, 0.2) is 0 Å². The molecule has 3 rings (SSSR count). The van der Waals surface area contributed by atoms with Gasteiger partial charge in [-0.05, 0) is 49.2 Å². The van der Waals surface area contributed by atoms with E-state index in [0.29, 0.717) is 17.8 Å². The van der Waals surface area contributed by atoms with Crippen LogP contribution >= 0.6 is 0 Å². The first-order valence-electron chi connectivity index (χ1n) is 7.50. The van der Waals surface area contributed by atoms with Gasteiger partial charge in [0.1, 0.15) is 0 Å². The Bertz CT molecular complexity index is 832. The summed E-state index contributed by atoms with van der Waals surface area (Å²) in [6.45, 7) is 2.20. The average Bonchev–Trinajstić information content (AvgIpc) is 2.97. The van der Waals surface area contributed by atoms with Crippen molar-refractivity contribution in [2.24, 2.45) is 0 Å². The first-order valence-corrected chi connectivity index (χ1v) is 9.16. The molecule has 1 aliphatic rings. The quantitative estimate of drug-likeness (QED) is 0.937. The summed E-state index contributed by atoms with van der Waals surface area (Å²) in [5.74, 6) is -0.00543. The molecule has 2 aromatic rings. The van der Waals surface area contributed by atoms with Crippen LogP contribution in [0.2, 0.25) is 0 Å². The summed E-state index contributed by atoms with van der Waals surface area (Å²) < 4.78 is 25.8. The standard InChI is InChI=1S/C17H18N2O3S/c1-2-23(21,22)18-15-8-9-16-14(12-15)10-11-19(16)17(20)13-6-4-3-5-7-13/h3-9,12,18H,2,10-11H2,1H3. The molecular weight excluding hydrogens is 312 g/mol. The molecule has 1 amide bonds. The molecular formula is C17H18N2O3S. The third-order valence-electron chi connectivity index (χ3n) is 3.89. The van der Waals surface area contributed by atoms with Gasteiger partial charge in [0, 0.05) is 23.5 Å². The van der Waals surface area contributed by atoms with Crippen molar-refractivity contribution in [2.45, 2.75) is 13.3 Å². The molecule has 0 aromatic heterocycles. The summed E-state index contributed by atoms with van der Waals surface area (Å²) in [5.41, 5.74) is 3.01. The summed E-state index contributed by atoms with van der Waals surface area (Å²) >= 11 is 0. The van der Waals surface area contributed by atoms with E-state index in [9.17, 15) is 13.2 Å². The minimum absolute atomic E-state index is 0.0305. The Balaban J connectivity index is 1.86. The molecule has 0 radical (unpaired) electrons. The largest absolute Gasteiger partial charge is 0.308 e. The van der Waals surface area contributed by atoms with E-state index in [1.165, 1.54) is 0 Å². The maximum Gasteiger partial charge on any atom is 0.258 e. The molecule has 0 spiro atoms. The van der Waals surface area contributed by atoms with Gasteiger partial charge in [0.2, 0.25) is 10.0 Å². The number of carbonyl (C=O) groups is 1. The topological polar surface area (TPSA) is 66.5 Å². The van der Waals surface area contributed by atoms with Crippen molar-refractivity contribution >= 4 is 27.3 Å². The van der Waals surface area contributed by atoms with E-state index >= 15 is 0 Å². The van der Waals surface area contributed by atoms with Gasteiger partial charge >= 0.3 is 0 Å². The molecule has 0 bridgehead atoms. The second kappa shape index (κ2) is 6.04. The Morgan fingerprint density at radius 2 is 1.91 bits per heavy atom. The van der Waals surface area contributed by atoms with Gasteiger partial charge < -0.3 is 4.90 Å². The molecule has 6 heteroatoms. The molecule has 0 saturated heterocycles. The highest BCUT2D eigenvalue weighted by atomic mass is 32.2. The second-order valence-electron chi connectivity index (χ2n) is 5.42. The number of hydrogen-bond acceptors (Lipinski definition) is 3. The number of fused-ring (bicyclic) bond motifs is 1. The van der Waals surface area contributed by atoms with Crippen molar-refractivity contribution in [3.8, 4) is 0 Å². The van der Waals surface area contributed by atoms with Gasteiger partial charge in [0.25, 0.3) is 5.91 Å². The average molecular weight is 330 g/mol. The number of sulfonamides is 1. The lowest BCUT2D eigenvalue weighted by Gasteiger charge is -2.17. The SMILES string of the molecule is CCS(=O)(=O)Nc1ccc2c(c1)CCN2C(=O)c1ccccc1. The molecule has 0 aliphatic carbocycles. The Morgan fingerprint density at radius 3 is 2.61 bits per heavy atom. The van der Waals surface area contributed by atoms with Crippen molar-refractivity contribution < 1.29 is 13.2 Å². The number of anilines is 2. The minimum Gasteiger partial charge on any atom is -0.308 e. The van der Waals surface area contributed by atoms with Gasteiger partial charge in [0.05, 0.1) is 5.75 Å². The molecule has 2 aromatic carbocycles. The van der Waals surface area contributed by atoms with E-state index in [1.54, 1.807) is 42.2 Å². The van der Waals surface area contributed by atoms with Crippen LogP contribution in [0.4, 0.5) is 11.4 Å². The van der Waals surface area contributed by atoms with Crippen molar-refractivity contribution in [3.63, 3.8) is 0 Å². The van der Waals surface area contributed by atoms with Crippen LogP contribution in [0.25, 0.3) is 0 Å². The first-order chi connectivity index (χ1) is 11.0. The number of amides is 1. The van der Waals surface area contributed by atoms with Gasteiger partial charge in [-0.25, -0.2) is 8.42 Å². The zero-order chi connectivity index (χ0) is 16.4. The molecule has 23 heavy (non-hydrogen) atoms. The van der Waals surface area contributed by atoms with Crippen molar-refractivity contribution in [1.82, 2.24) is 0 Å². The zero-order valence-electron chi connectivity index (χ0n) is 12.8. The number of hydrogen-bond donors (Lipinski definition) is 1. The highest BCUT2D eigenvalue weighted by Crippen LogP contribution is 2.31. The molecule has 120 valence electrons. The minimum atomic E-state index is -3.29. The molecule has 0 fully saturated rings.